The van der Waals surface area contributed by atoms with E-state index >= 15 is 0 Å². The Kier molecular flexibility index (Phi) is 7.53. The van der Waals surface area contributed by atoms with Gasteiger partial charge in [-0.15, -0.1) is 0 Å². The topological polar surface area (TPSA) is 95.5 Å². The molecule has 0 unspecified atom stereocenters. The van der Waals surface area contributed by atoms with Crippen LogP contribution in [0.5, 0.6) is 5.75 Å². The third-order valence-corrected chi connectivity index (χ3v) is 7.67. The van der Waals surface area contributed by atoms with Crippen LogP contribution in [0.15, 0.2) is 35.2 Å². The highest BCUT2D eigenvalue weighted by Gasteiger charge is 2.29. The largest absolute Gasteiger partial charge is 0.507 e. The average molecular weight is 499 g/mol. The van der Waals surface area contributed by atoms with Crippen molar-refractivity contribution < 1.29 is 18.3 Å². The molecule has 3 N–H and O–H groups in total. The summed E-state index contributed by atoms with van der Waals surface area (Å²) < 4.78 is 28.3. The third-order valence-electron chi connectivity index (χ3n) is 6.22. The average Bonchev–Trinajstić information content (AvgIpc) is 3.05. The van der Waals surface area contributed by atoms with Gasteiger partial charge in [0, 0.05) is 34.5 Å². The van der Waals surface area contributed by atoms with E-state index < -0.39 is 10.0 Å². The van der Waals surface area contributed by atoms with E-state index in [1.165, 1.54) is 6.07 Å². The molecule has 1 amide bonds. The molecule has 1 aliphatic rings. The van der Waals surface area contributed by atoms with Gasteiger partial charge in [0.25, 0.3) is 5.91 Å². The normalized spacial score (nSPS) is 15.4. The molecule has 0 saturated carbocycles. The van der Waals surface area contributed by atoms with Crippen molar-refractivity contribution in [3.05, 3.63) is 52.6 Å². The number of hydrogen-bond acceptors (Lipinski definition) is 4. The maximum absolute atomic E-state index is 12.9. The van der Waals surface area contributed by atoms with Crippen molar-refractivity contribution in [2.45, 2.75) is 83.5 Å². The van der Waals surface area contributed by atoms with Crippen LogP contribution in [0.3, 0.4) is 0 Å². The van der Waals surface area contributed by atoms with E-state index in [0.717, 1.165) is 36.0 Å². The van der Waals surface area contributed by atoms with Crippen molar-refractivity contribution in [2.24, 2.45) is 0 Å². The van der Waals surface area contributed by atoms with Crippen LogP contribution in [-0.4, -0.2) is 26.0 Å². The number of amides is 1. The molecule has 2 aromatic carbocycles. The van der Waals surface area contributed by atoms with Gasteiger partial charge in [-0.1, -0.05) is 61.3 Å². The third kappa shape index (κ3) is 5.96. The van der Waals surface area contributed by atoms with Gasteiger partial charge in [-0.3, -0.25) is 4.79 Å². The molecule has 0 aliphatic carbocycles. The summed E-state index contributed by atoms with van der Waals surface area (Å²) in [5.74, 6) is -0.0147. The van der Waals surface area contributed by atoms with Crippen molar-refractivity contribution in [3.63, 3.8) is 0 Å². The predicted molar refractivity (Wildman–Crippen MR) is 143 cm³/mol. The molecule has 0 spiro atoms. The number of phenols is 1. The van der Waals surface area contributed by atoms with Crippen molar-refractivity contribution >= 4 is 33.3 Å². The quantitative estimate of drug-likeness (QED) is 0.325. The Morgan fingerprint density at radius 2 is 1.57 bits per heavy atom. The summed E-state index contributed by atoms with van der Waals surface area (Å²) in [6, 6.07) is 8.50. The number of rotatable bonds is 7. The number of aromatic hydroxyl groups is 1. The van der Waals surface area contributed by atoms with Gasteiger partial charge in [0.05, 0.1) is 4.90 Å². The zero-order valence-electron chi connectivity index (χ0n) is 21.9. The second kappa shape index (κ2) is 9.78. The van der Waals surface area contributed by atoms with E-state index in [9.17, 15) is 18.3 Å². The molecular weight excluding hydrogens is 460 g/mol. The van der Waals surface area contributed by atoms with E-state index in [0.29, 0.717) is 23.4 Å². The lowest BCUT2D eigenvalue weighted by molar-refractivity contribution is -0.110. The SMILES string of the molecule is CCCCCNS(=O)(=O)c1ccc2c(c1)/C(=C/c1cc(C(C)(C)C)c(O)c(C(C)(C)C)c1)C(=O)N2. The summed E-state index contributed by atoms with van der Waals surface area (Å²) in [6.45, 7) is 14.7. The van der Waals surface area contributed by atoms with Crippen molar-refractivity contribution in [3.8, 4) is 5.75 Å². The molecule has 0 bridgehead atoms. The molecule has 0 fully saturated rings. The molecule has 2 aromatic rings. The zero-order chi connectivity index (χ0) is 26.2. The lowest BCUT2D eigenvalue weighted by Gasteiger charge is -2.28. The van der Waals surface area contributed by atoms with Crippen LogP contribution in [0.25, 0.3) is 11.6 Å². The molecule has 35 heavy (non-hydrogen) atoms. The minimum absolute atomic E-state index is 0.131. The van der Waals surface area contributed by atoms with Gasteiger partial charge in [-0.25, -0.2) is 13.1 Å². The minimum atomic E-state index is -3.68. The molecule has 0 radical (unpaired) electrons. The first-order valence-electron chi connectivity index (χ1n) is 12.2. The number of carbonyl (C=O) groups excluding carboxylic acids is 1. The van der Waals surface area contributed by atoms with Gasteiger partial charge in [-0.2, -0.15) is 0 Å². The van der Waals surface area contributed by atoms with E-state index in [2.05, 4.69) is 17.0 Å². The van der Waals surface area contributed by atoms with Crippen LogP contribution >= 0.6 is 0 Å². The van der Waals surface area contributed by atoms with Crippen molar-refractivity contribution in [1.82, 2.24) is 4.72 Å². The summed E-state index contributed by atoms with van der Waals surface area (Å²) in [7, 11) is -3.68. The fourth-order valence-corrected chi connectivity index (χ4v) is 5.29. The second-order valence-electron chi connectivity index (χ2n) is 11.3. The van der Waals surface area contributed by atoms with Gasteiger partial charge in [-0.05, 0) is 59.2 Å². The Balaban J connectivity index is 2.09. The highest BCUT2D eigenvalue weighted by molar-refractivity contribution is 7.89. The molecule has 190 valence electrons. The Morgan fingerprint density at radius 1 is 0.971 bits per heavy atom. The molecule has 0 saturated heterocycles. The van der Waals surface area contributed by atoms with Gasteiger partial charge in [0.15, 0.2) is 0 Å². The number of hydrogen-bond donors (Lipinski definition) is 3. The second-order valence-corrected chi connectivity index (χ2v) is 13.1. The van der Waals surface area contributed by atoms with Crippen LogP contribution in [0, 0.1) is 0 Å². The Morgan fingerprint density at radius 3 is 2.11 bits per heavy atom. The Bertz CT molecular complexity index is 1230. The molecule has 1 aliphatic heterocycles. The van der Waals surface area contributed by atoms with E-state index in [-0.39, 0.29) is 27.4 Å². The zero-order valence-corrected chi connectivity index (χ0v) is 22.7. The van der Waals surface area contributed by atoms with E-state index in [4.69, 9.17) is 0 Å². The molecule has 0 atom stereocenters. The first-order valence-corrected chi connectivity index (χ1v) is 13.7. The number of benzene rings is 2. The highest BCUT2D eigenvalue weighted by atomic mass is 32.2. The minimum Gasteiger partial charge on any atom is -0.507 e. The lowest BCUT2D eigenvalue weighted by Crippen LogP contribution is -2.24. The fraction of sp³-hybridized carbons (Fsp3) is 0.464. The predicted octanol–water partition coefficient (Wildman–Crippen LogP) is 5.95. The maximum atomic E-state index is 12.9. The summed E-state index contributed by atoms with van der Waals surface area (Å²) in [6.07, 6.45) is 4.51. The van der Waals surface area contributed by atoms with Crippen LogP contribution in [0.1, 0.15) is 90.0 Å². The smallest absolute Gasteiger partial charge is 0.256 e. The number of anilines is 1. The molecule has 3 rings (SSSR count). The van der Waals surface area contributed by atoms with Gasteiger partial charge < -0.3 is 10.4 Å². The number of phenolic OH excluding ortho intramolecular Hbond substituents is 1. The van der Waals surface area contributed by atoms with E-state index in [1.54, 1.807) is 18.2 Å². The van der Waals surface area contributed by atoms with E-state index in [1.807, 2.05) is 53.7 Å². The summed E-state index contributed by atoms with van der Waals surface area (Å²) in [5.41, 5.74) is 3.28. The van der Waals surface area contributed by atoms with Crippen LogP contribution in [-0.2, 0) is 25.6 Å². The highest BCUT2D eigenvalue weighted by Crippen LogP contribution is 2.41. The standard InChI is InChI=1S/C28H38N2O4S/c1-8-9-10-13-29-35(33,34)19-11-12-24-20(17-19)21(26(32)30-24)14-18-15-22(27(2,3)4)25(31)23(16-18)28(5,6)7/h11-12,14-17,29,31H,8-10,13H2,1-7H3,(H,30,32)/b21-14-. The number of unbranched alkanes of at least 4 members (excludes halogenated alkanes) is 2. The lowest BCUT2D eigenvalue weighted by atomic mass is 9.78. The summed E-state index contributed by atoms with van der Waals surface area (Å²) in [4.78, 5) is 13.0. The maximum Gasteiger partial charge on any atom is 0.256 e. The van der Waals surface area contributed by atoms with Crippen molar-refractivity contribution in [1.29, 1.82) is 0 Å². The van der Waals surface area contributed by atoms with Crippen LogP contribution in [0.4, 0.5) is 5.69 Å². The fourth-order valence-electron chi connectivity index (χ4n) is 4.19. The van der Waals surface area contributed by atoms with Gasteiger partial charge in [0.2, 0.25) is 10.0 Å². The summed E-state index contributed by atoms with van der Waals surface area (Å²) >= 11 is 0. The number of sulfonamides is 1. The molecule has 6 nitrogen and oxygen atoms in total. The Hall–Kier alpha value is -2.64. The molecule has 0 aromatic heterocycles. The van der Waals surface area contributed by atoms with Gasteiger partial charge >= 0.3 is 0 Å². The number of fused-ring (bicyclic) bond motifs is 1. The van der Waals surface area contributed by atoms with Crippen LogP contribution < -0.4 is 10.0 Å². The molecular formula is C28H38N2O4S. The monoisotopic (exact) mass is 498 g/mol. The number of nitrogens with one attached hydrogen (secondary N) is 2. The first kappa shape index (κ1) is 27.0. The molecule has 7 heteroatoms. The number of carbonyl (C=O) groups is 1. The molecule has 1 heterocycles. The van der Waals surface area contributed by atoms with Crippen molar-refractivity contribution in [2.75, 3.05) is 11.9 Å². The first-order chi connectivity index (χ1) is 16.1. The Labute approximate surface area is 209 Å². The van der Waals surface area contributed by atoms with Crippen LogP contribution in [0.2, 0.25) is 0 Å². The van der Waals surface area contributed by atoms with Gasteiger partial charge in [0.1, 0.15) is 5.75 Å². The summed E-state index contributed by atoms with van der Waals surface area (Å²) in [5, 5.41) is 13.8.